The minimum absolute atomic E-state index is 0.0886. The number of furan rings is 1. The number of hydrogen-bond acceptors (Lipinski definition) is 4. The zero-order valence-electron chi connectivity index (χ0n) is 11.4. The van der Waals surface area contributed by atoms with E-state index in [1.54, 1.807) is 12.1 Å². The second kappa shape index (κ2) is 5.58. The van der Waals surface area contributed by atoms with Crippen molar-refractivity contribution in [3.63, 3.8) is 0 Å². The highest BCUT2D eigenvalue weighted by molar-refractivity contribution is 6.30. The summed E-state index contributed by atoms with van der Waals surface area (Å²) >= 11 is 6.14. The standard InChI is InChI=1S/C16H14ClNO3/c1-20-15-7-6-10(8-13(15)19)18-9-12-11-4-2-3-5-14(11)21-16(12)17/h2-8,18-19H,9H2,1H3. The van der Waals surface area contributed by atoms with Gasteiger partial charge < -0.3 is 19.6 Å². The van der Waals surface area contributed by atoms with Crippen LogP contribution in [-0.2, 0) is 6.54 Å². The van der Waals surface area contributed by atoms with Crippen LogP contribution in [0.25, 0.3) is 11.0 Å². The number of ether oxygens (including phenoxy) is 1. The van der Waals surface area contributed by atoms with E-state index in [-0.39, 0.29) is 5.75 Å². The van der Waals surface area contributed by atoms with Gasteiger partial charge in [0.05, 0.1) is 7.11 Å². The first-order chi connectivity index (χ1) is 10.2. The molecule has 2 aromatic carbocycles. The van der Waals surface area contributed by atoms with Gasteiger partial charge in [0.25, 0.3) is 0 Å². The normalized spacial score (nSPS) is 10.8. The van der Waals surface area contributed by atoms with Gasteiger partial charge in [-0.3, -0.25) is 0 Å². The van der Waals surface area contributed by atoms with Gasteiger partial charge in [0.2, 0.25) is 0 Å². The van der Waals surface area contributed by atoms with Crippen LogP contribution < -0.4 is 10.1 Å². The average molecular weight is 304 g/mol. The van der Waals surface area contributed by atoms with E-state index in [9.17, 15) is 5.11 Å². The van der Waals surface area contributed by atoms with Crippen LogP contribution in [0.4, 0.5) is 5.69 Å². The maximum Gasteiger partial charge on any atom is 0.199 e. The zero-order valence-corrected chi connectivity index (χ0v) is 12.1. The van der Waals surface area contributed by atoms with E-state index >= 15 is 0 Å². The lowest BCUT2D eigenvalue weighted by Gasteiger charge is -2.08. The van der Waals surface area contributed by atoms with Gasteiger partial charge in [-0.2, -0.15) is 0 Å². The van der Waals surface area contributed by atoms with Crippen LogP contribution in [0, 0.1) is 0 Å². The van der Waals surface area contributed by atoms with Gasteiger partial charge in [0.15, 0.2) is 16.7 Å². The molecule has 0 radical (unpaired) electrons. The molecule has 2 N–H and O–H groups in total. The first-order valence-electron chi connectivity index (χ1n) is 6.46. The number of phenolic OH excluding ortho intramolecular Hbond substituents is 1. The number of fused-ring (bicyclic) bond motifs is 1. The molecule has 4 nitrogen and oxygen atoms in total. The summed E-state index contributed by atoms with van der Waals surface area (Å²) in [6.45, 7) is 0.502. The summed E-state index contributed by atoms with van der Waals surface area (Å²) < 4.78 is 10.5. The smallest absolute Gasteiger partial charge is 0.199 e. The molecule has 0 amide bonds. The first-order valence-corrected chi connectivity index (χ1v) is 6.83. The van der Waals surface area contributed by atoms with Crippen molar-refractivity contribution in [1.29, 1.82) is 0 Å². The summed E-state index contributed by atoms with van der Waals surface area (Å²) in [7, 11) is 1.51. The third-order valence-corrected chi connectivity index (χ3v) is 3.60. The Balaban J connectivity index is 1.83. The van der Waals surface area contributed by atoms with E-state index < -0.39 is 0 Å². The van der Waals surface area contributed by atoms with Gasteiger partial charge in [0, 0.05) is 29.2 Å². The molecule has 0 atom stereocenters. The Morgan fingerprint density at radius 3 is 2.81 bits per heavy atom. The lowest BCUT2D eigenvalue weighted by Crippen LogP contribution is -1.99. The molecule has 1 heterocycles. The Morgan fingerprint density at radius 1 is 1.24 bits per heavy atom. The molecule has 0 unspecified atom stereocenters. The fourth-order valence-electron chi connectivity index (χ4n) is 2.22. The van der Waals surface area contributed by atoms with Crippen LogP contribution in [0.3, 0.4) is 0 Å². The van der Waals surface area contributed by atoms with E-state index in [1.165, 1.54) is 7.11 Å². The third-order valence-electron chi connectivity index (χ3n) is 3.30. The summed E-state index contributed by atoms with van der Waals surface area (Å²) in [6, 6.07) is 12.8. The highest BCUT2D eigenvalue weighted by Gasteiger charge is 2.12. The molecule has 3 aromatic rings. The Bertz CT molecular complexity index is 782. The topological polar surface area (TPSA) is 54.6 Å². The molecular formula is C16H14ClNO3. The fraction of sp³-hybridized carbons (Fsp3) is 0.125. The zero-order chi connectivity index (χ0) is 14.8. The molecule has 0 aliphatic carbocycles. The third kappa shape index (κ3) is 2.62. The minimum atomic E-state index is 0.0886. The van der Waals surface area contributed by atoms with Crippen molar-refractivity contribution in [1.82, 2.24) is 0 Å². The fourth-order valence-corrected chi connectivity index (χ4v) is 2.48. The molecule has 0 bridgehead atoms. The number of benzene rings is 2. The second-order valence-corrected chi connectivity index (χ2v) is 4.93. The number of rotatable bonds is 4. The van der Waals surface area contributed by atoms with Gasteiger partial charge in [-0.15, -0.1) is 0 Å². The lowest BCUT2D eigenvalue weighted by molar-refractivity contribution is 0.373. The van der Waals surface area contributed by atoms with Crippen LogP contribution in [0.15, 0.2) is 46.9 Å². The van der Waals surface area contributed by atoms with Gasteiger partial charge in [-0.1, -0.05) is 18.2 Å². The van der Waals surface area contributed by atoms with Gasteiger partial charge >= 0.3 is 0 Å². The van der Waals surface area contributed by atoms with Gasteiger partial charge in [-0.25, -0.2) is 0 Å². The maximum atomic E-state index is 9.77. The van der Waals surface area contributed by atoms with Crippen molar-refractivity contribution in [3.8, 4) is 11.5 Å². The van der Waals surface area contributed by atoms with Crippen LogP contribution in [-0.4, -0.2) is 12.2 Å². The molecule has 21 heavy (non-hydrogen) atoms. The summed E-state index contributed by atoms with van der Waals surface area (Å²) in [5.41, 5.74) is 2.43. The second-order valence-electron chi connectivity index (χ2n) is 4.59. The minimum Gasteiger partial charge on any atom is -0.504 e. The van der Waals surface area contributed by atoms with Crippen molar-refractivity contribution < 1.29 is 14.3 Å². The molecule has 0 aliphatic heterocycles. The molecule has 1 aromatic heterocycles. The van der Waals surface area contributed by atoms with Crippen molar-refractivity contribution in [2.45, 2.75) is 6.54 Å². The van der Waals surface area contributed by atoms with E-state index in [4.69, 9.17) is 20.8 Å². The molecular weight excluding hydrogens is 290 g/mol. The molecule has 0 fully saturated rings. The molecule has 108 valence electrons. The number of para-hydroxylation sites is 1. The van der Waals surface area contributed by atoms with Crippen LogP contribution in [0.2, 0.25) is 5.22 Å². The molecule has 0 saturated carbocycles. The van der Waals surface area contributed by atoms with Gasteiger partial charge in [-0.05, 0) is 29.8 Å². The molecule has 5 heteroatoms. The monoisotopic (exact) mass is 303 g/mol. The Kier molecular flexibility index (Phi) is 3.62. The molecule has 3 rings (SSSR count). The number of phenols is 1. The lowest BCUT2D eigenvalue weighted by atomic mass is 10.1. The molecule has 0 spiro atoms. The molecule has 0 aliphatic rings. The Labute approximate surface area is 126 Å². The van der Waals surface area contributed by atoms with E-state index in [2.05, 4.69) is 5.32 Å². The number of anilines is 1. The van der Waals surface area contributed by atoms with Crippen molar-refractivity contribution in [2.24, 2.45) is 0 Å². The quantitative estimate of drug-likeness (QED) is 0.749. The summed E-state index contributed by atoms with van der Waals surface area (Å²) in [4.78, 5) is 0. The van der Waals surface area contributed by atoms with E-state index in [0.29, 0.717) is 17.5 Å². The first kappa shape index (κ1) is 13.6. The predicted octanol–water partition coefficient (Wildman–Crippen LogP) is 4.41. The Morgan fingerprint density at radius 2 is 2.05 bits per heavy atom. The van der Waals surface area contributed by atoms with Crippen LogP contribution in [0.5, 0.6) is 11.5 Å². The van der Waals surface area contributed by atoms with E-state index in [0.717, 1.165) is 22.2 Å². The number of aromatic hydroxyl groups is 1. The predicted molar refractivity (Wildman–Crippen MR) is 83.2 cm³/mol. The number of nitrogens with one attached hydrogen (secondary N) is 1. The largest absolute Gasteiger partial charge is 0.504 e. The highest BCUT2D eigenvalue weighted by atomic mass is 35.5. The van der Waals surface area contributed by atoms with E-state index in [1.807, 2.05) is 30.3 Å². The summed E-state index contributed by atoms with van der Waals surface area (Å²) in [6.07, 6.45) is 0. The van der Waals surface area contributed by atoms with Crippen molar-refractivity contribution in [3.05, 3.63) is 53.2 Å². The summed E-state index contributed by atoms with van der Waals surface area (Å²) in [5, 5.41) is 14.3. The van der Waals surface area contributed by atoms with Crippen LogP contribution in [0.1, 0.15) is 5.56 Å². The number of hydrogen-bond donors (Lipinski definition) is 2. The molecule has 0 saturated heterocycles. The SMILES string of the molecule is COc1ccc(NCc2c(Cl)oc3ccccc23)cc1O. The number of methoxy groups -OCH3 is 1. The average Bonchev–Trinajstić information content (AvgIpc) is 2.81. The summed E-state index contributed by atoms with van der Waals surface area (Å²) in [5.74, 6) is 0.526. The van der Waals surface area contributed by atoms with Crippen LogP contribution >= 0.6 is 11.6 Å². The Hall–Kier alpha value is -2.33. The number of halogens is 1. The van der Waals surface area contributed by atoms with Crippen molar-refractivity contribution >= 4 is 28.3 Å². The highest BCUT2D eigenvalue weighted by Crippen LogP contribution is 2.32. The maximum absolute atomic E-state index is 9.77. The van der Waals surface area contributed by atoms with Crippen molar-refractivity contribution in [2.75, 3.05) is 12.4 Å². The van der Waals surface area contributed by atoms with Gasteiger partial charge in [0.1, 0.15) is 5.58 Å².